The number of ether oxygens (including phenoxy) is 1. The average Bonchev–Trinajstić information content (AvgIpc) is 2.27. The van der Waals surface area contributed by atoms with E-state index in [1.807, 2.05) is 14.0 Å². The van der Waals surface area contributed by atoms with Gasteiger partial charge in [-0.1, -0.05) is 0 Å². The lowest BCUT2D eigenvalue weighted by Crippen LogP contribution is -2.41. The molecule has 3 nitrogen and oxygen atoms in total. The van der Waals surface area contributed by atoms with Crippen LogP contribution < -0.4 is 15.4 Å². The predicted octanol–water partition coefficient (Wildman–Crippen LogP) is 2.14. The zero-order chi connectivity index (χ0) is 12.4. The summed E-state index contributed by atoms with van der Waals surface area (Å²) in [7, 11) is 1.86. The Labute approximate surface area is 99.2 Å². The standard InChI is InChI=1S/C12H16F2N2O/c1-7-10(3-4-15-2)17-11-6-8(13)5-9(14)12(11)16-7/h5-7,10,15-16H,3-4H2,1-2H3. The SMILES string of the molecule is CNCCC1Oc2cc(F)cc(F)c2NC1C. The number of hydrogen-bond donors (Lipinski definition) is 2. The molecule has 0 aliphatic carbocycles. The van der Waals surface area contributed by atoms with E-state index in [9.17, 15) is 8.78 Å². The number of anilines is 1. The summed E-state index contributed by atoms with van der Waals surface area (Å²) in [5, 5.41) is 6.05. The fourth-order valence-electron chi connectivity index (χ4n) is 1.96. The highest BCUT2D eigenvalue weighted by Crippen LogP contribution is 2.35. The van der Waals surface area contributed by atoms with Crippen molar-refractivity contribution in [2.45, 2.75) is 25.5 Å². The zero-order valence-electron chi connectivity index (χ0n) is 9.89. The van der Waals surface area contributed by atoms with Crippen molar-refractivity contribution < 1.29 is 13.5 Å². The lowest BCUT2D eigenvalue weighted by molar-refractivity contribution is 0.163. The minimum atomic E-state index is -0.620. The molecule has 17 heavy (non-hydrogen) atoms. The fourth-order valence-corrected chi connectivity index (χ4v) is 1.96. The Bertz CT molecular complexity index is 412. The molecule has 1 aliphatic heterocycles. The van der Waals surface area contributed by atoms with Crippen molar-refractivity contribution in [1.29, 1.82) is 0 Å². The Hall–Kier alpha value is -1.36. The molecule has 0 saturated carbocycles. The van der Waals surface area contributed by atoms with E-state index in [4.69, 9.17) is 4.74 Å². The van der Waals surface area contributed by atoms with Crippen LogP contribution in [-0.4, -0.2) is 25.7 Å². The van der Waals surface area contributed by atoms with Crippen LogP contribution >= 0.6 is 0 Å². The van der Waals surface area contributed by atoms with Gasteiger partial charge in [-0.3, -0.25) is 0 Å². The second kappa shape index (κ2) is 4.87. The van der Waals surface area contributed by atoms with Crippen LogP contribution in [-0.2, 0) is 0 Å². The first kappa shape index (κ1) is 12.1. The van der Waals surface area contributed by atoms with E-state index in [2.05, 4.69) is 10.6 Å². The Kier molecular flexibility index (Phi) is 3.47. The number of halogens is 2. The largest absolute Gasteiger partial charge is 0.486 e. The molecule has 0 bridgehead atoms. The second-order valence-corrected chi connectivity index (χ2v) is 4.24. The highest BCUT2D eigenvalue weighted by atomic mass is 19.1. The van der Waals surface area contributed by atoms with Crippen LogP contribution in [0.25, 0.3) is 0 Å². The van der Waals surface area contributed by atoms with Crippen molar-refractivity contribution in [1.82, 2.24) is 5.32 Å². The molecule has 1 aromatic rings. The molecule has 0 saturated heterocycles. The number of rotatable bonds is 3. The Morgan fingerprint density at radius 2 is 2.18 bits per heavy atom. The molecule has 0 radical (unpaired) electrons. The van der Waals surface area contributed by atoms with Gasteiger partial charge in [-0.05, 0) is 26.9 Å². The van der Waals surface area contributed by atoms with Gasteiger partial charge in [0.2, 0.25) is 0 Å². The lowest BCUT2D eigenvalue weighted by Gasteiger charge is -2.33. The van der Waals surface area contributed by atoms with Gasteiger partial charge in [0.15, 0.2) is 5.82 Å². The van der Waals surface area contributed by atoms with Gasteiger partial charge in [-0.15, -0.1) is 0 Å². The van der Waals surface area contributed by atoms with E-state index >= 15 is 0 Å². The quantitative estimate of drug-likeness (QED) is 0.852. The van der Waals surface area contributed by atoms with Gasteiger partial charge >= 0.3 is 0 Å². The maximum Gasteiger partial charge on any atom is 0.153 e. The normalized spacial score (nSPS) is 22.6. The molecule has 1 aromatic carbocycles. The van der Waals surface area contributed by atoms with Crippen LogP contribution in [0.1, 0.15) is 13.3 Å². The van der Waals surface area contributed by atoms with Gasteiger partial charge < -0.3 is 15.4 Å². The molecule has 0 fully saturated rings. The van der Waals surface area contributed by atoms with E-state index in [0.29, 0.717) is 0 Å². The van der Waals surface area contributed by atoms with Crippen molar-refractivity contribution in [2.75, 3.05) is 18.9 Å². The third-order valence-corrected chi connectivity index (χ3v) is 2.91. The smallest absolute Gasteiger partial charge is 0.153 e. The molecule has 0 amide bonds. The Morgan fingerprint density at radius 3 is 2.88 bits per heavy atom. The minimum Gasteiger partial charge on any atom is -0.486 e. The topological polar surface area (TPSA) is 33.3 Å². The Morgan fingerprint density at radius 1 is 1.41 bits per heavy atom. The minimum absolute atomic E-state index is 0.00388. The summed E-state index contributed by atoms with van der Waals surface area (Å²) in [6.07, 6.45) is 0.693. The van der Waals surface area contributed by atoms with E-state index in [1.165, 1.54) is 6.07 Å². The van der Waals surface area contributed by atoms with E-state index in [0.717, 1.165) is 19.0 Å². The van der Waals surface area contributed by atoms with Gasteiger partial charge in [0.05, 0.1) is 6.04 Å². The summed E-state index contributed by atoms with van der Waals surface area (Å²) < 4.78 is 32.2. The molecule has 2 N–H and O–H groups in total. The van der Waals surface area contributed by atoms with Crippen molar-refractivity contribution >= 4 is 5.69 Å². The summed E-state index contributed by atoms with van der Waals surface area (Å²) in [4.78, 5) is 0. The predicted molar refractivity (Wildman–Crippen MR) is 62.4 cm³/mol. The van der Waals surface area contributed by atoms with Crippen molar-refractivity contribution in [3.8, 4) is 5.75 Å². The molecule has 0 spiro atoms. The van der Waals surface area contributed by atoms with E-state index in [1.54, 1.807) is 0 Å². The third-order valence-electron chi connectivity index (χ3n) is 2.91. The fraction of sp³-hybridized carbons (Fsp3) is 0.500. The summed E-state index contributed by atoms with van der Waals surface area (Å²) >= 11 is 0. The van der Waals surface area contributed by atoms with Crippen molar-refractivity contribution in [2.24, 2.45) is 0 Å². The molecular weight excluding hydrogens is 226 g/mol. The molecule has 2 rings (SSSR count). The van der Waals surface area contributed by atoms with Gasteiger partial charge in [0.1, 0.15) is 23.4 Å². The molecule has 1 aliphatic rings. The number of benzene rings is 1. The van der Waals surface area contributed by atoms with Crippen LogP contribution in [0.3, 0.4) is 0 Å². The highest BCUT2D eigenvalue weighted by Gasteiger charge is 2.28. The second-order valence-electron chi connectivity index (χ2n) is 4.24. The van der Waals surface area contributed by atoms with Gasteiger partial charge in [0.25, 0.3) is 0 Å². The number of hydrogen-bond acceptors (Lipinski definition) is 3. The first-order chi connectivity index (χ1) is 8.11. The molecule has 5 heteroatoms. The third kappa shape index (κ3) is 2.49. The molecule has 1 heterocycles. The van der Waals surface area contributed by atoms with Gasteiger partial charge in [-0.25, -0.2) is 8.78 Å². The van der Waals surface area contributed by atoms with E-state index in [-0.39, 0.29) is 23.6 Å². The van der Waals surface area contributed by atoms with Crippen LogP contribution in [0.2, 0.25) is 0 Å². The summed E-state index contributed by atoms with van der Waals surface area (Å²) in [6.45, 7) is 2.72. The summed E-state index contributed by atoms with van der Waals surface area (Å²) in [5.74, 6) is -0.981. The summed E-state index contributed by atoms with van der Waals surface area (Å²) in [6, 6.07) is 2.07. The number of nitrogens with one attached hydrogen (secondary N) is 2. The maximum atomic E-state index is 13.5. The van der Waals surface area contributed by atoms with Crippen molar-refractivity contribution in [3.63, 3.8) is 0 Å². The summed E-state index contributed by atoms with van der Waals surface area (Å²) in [5.41, 5.74) is 0.250. The van der Waals surface area contributed by atoms with Crippen molar-refractivity contribution in [3.05, 3.63) is 23.8 Å². The molecule has 94 valence electrons. The highest BCUT2D eigenvalue weighted by molar-refractivity contribution is 5.60. The molecule has 2 atom stereocenters. The van der Waals surface area contributed by atoms with Crippen LogP contribution in [0.4, 0.5) is 14.5 Å². The average molecular weight is 242 g/mol. The first-order valence-corrected chi connectivity index (χ1v) is 5.68. The van der Waals surface area contributed by atoms with Crippen LogP contribution in [0.15, 0.2) is 12.1 Å². The van der Waals surface area contributed by atoms with Gasteiger partial charge in [-0.2, -0.15) is 0 Å². The first-order valence-electron chi connectivity index (χ1n) is 5.68. The molecule has 0 aromatic heterocycles. The van der Waals surface area contributed by atoms with Gasteiger partial charge in [0, 0.05) is 12.1 Å². The number of fused-ring (bicyclic) bond motifs is 1. The zero-order valence-corrected chi connectivity index (χ0v) is 9.89. The maximum absolute atomic E-state index is 13.5. The van der Waals surface area contributed by atoms with Crippen LogP contribution in [0, 0.1) is 11.6 Å². The Balaban J connectivity index is 2.21. The monoisotopic (exact) mass is 242 g/mol. The molecular formula is C12H16F2N2O. The lowest BCUT2D eigenvalue weighted by atomic mass is 10.1. The van der Waals surface area contributed by atoms with E-state index < -0.39 is 11.6 Å². The van der Waals surface area contributed by atoms with Crippen LogP contribution in [0.5, 0.6) is 5.75 Å². The molecule has 2 unspecified atom stereocenters.